The number of hydrogen-bond acceptors (Lipinski definition) is 2. The highest BCUT2D eigenvalue weighted by Crippen LogP contribution is 2.31. The molecule has 0 spiro atoms. The van der Waals surface area contributed by atoms with Gasteiger partial charge in [0.1, 0.15) is 0 Å². The number of nitrogens with one attached hydrogen (secondary N) is 1. The third-order valence-corrected chi connectivity index (χ3v) is 3.24. The van der Waals surface area contributed by atoms with E-state index in [9.17, 15) is 5.11 Å². The number of halogens is 1. The first-order valence-electron chi connectivity index (χ1n) is 4.82. The smallest absolute Gasteiger partial charge is 0.0772 e. The largest absolute Gasteiger partial charge is 0.391 e. The van der Waals surface area contributed by atoms with Gasteiger partial charge in [-0.25, -0.2) is 0 Å². The summed E-state index contributed by atoms with van der Waals surface area (Å²) < 4.78 is 0. The van der Waals surface area contributed by atoms with Crippen molar-refractivity contribution >= 4 is 11.6 Å². The lowest BCUT2D eigenvalue weighted by Gasteiger charge is -2.29. The second kappa shape index (κ2) is 3.54. The highest BCUT2D eigenvalue weighted by atomic mass is 35.5. The summed E-state index contributed by atoms with van der Waals surface area (Å²) in [5.41, 5.74) is 0.709. The van der Waals surface area contributed by atoms with E-state index < -0.39 is 0 Å². The maximum atomic E-state index is 9.89. The summed E-state index contributed by atoms with van der Waals surface area (Å²) >= 11 is 5.92. The van der Waals surface area contributed by atoms with Crippen LogP contribution in [0.3, 0.4) is 0 Å². The van der Waals surface area contributed by atoms with Crippen LogP contribution in [0.4, 0.5) is 0 Å². The Morgan fingerprint density at radius 2 is 2.36 bits per heavy atom. The van der Waals surface area contributed by atoms with E-state index >= 15 is 0 Å². The summed E-state index contributed by atoms with van der Waals surface area (Å²) in [7, 11) is 0. The summed E-state index contributed by atoms with van der Waals surface area (Å²) in [6, 6.07) is 7.65. The Labute approximate surface area is 88.9 Å². The average molecular weight is 212 g/mol. The molecule has 1 aromatic rings. The second-order valence-corrected chi connectivity index (χ2v) is 4.38. The van der Waals surface area contributed by atoms with Gasteiger partial charge in [-0.3, -0.25) is 0 Å². The lowest BCUT2D eigenvalue weighted by atomic mass is 9.88. The van der Waals surface area contributed by atoms with Gasteiger partial charge in [0.2, 0.25) is 0 Å². The topological polar surface area (TPSA) is 32.3 Å². The highest BCUT2D eigenvalue weighted by molar-refractivity contribution is 6.30. The zero-order chi connectivity index (χ0) is 10.2. The molecule has 2 unspecified atom stereocenters. The Balaban J connectivity index is 2.38. The van der Waals surface area contributed by atoms with Gasteiger partial charge >= 0.3 is 0 Å². The molecule has 3 heteroatoms. The fraction of sp³-hybridized carbons (Fsp3) is 0.455. The third kappa shape index (κ3) is 1.54. The van der Waals surface area contributed by atoms with Crippen molar-refractivity contribution in [3.63, 3.8) is 0 Å². The molecule has 0 aliphatic carbocycles. The molecule has 14 heavy (non-hydrogen) atoms. The van der Waals surface area contributed by atoms with E-state index in [1.807, 2.05) is 31.2 Å². The molecule has 2 rings (SSSR count). The van der Waals surface area contributed by atoms with Gasteiger partial charge in [-0.05, 0) is 37.6 Å². The van der Waals surface area contributed by atoms with Crippen molar-refractivity contribution in [3.05, 3.63) is 34.9 Å². The van der Waals surface area contributed by atoms with Crippen LogP contribution in [-0.2, 0) is 5.54 Å². The van der Waals surface area contributed by atoms with Crippen LogP contribution in [0, 0.1) is 0 Å². The predicted molar refractivity (Wildman–Crippen MR) is 57.4 cm³/mol. The van der Waals surface area contributed by atoms with Gasteiger partial charge in [0, 0.05) is 5.02 Å². The normalized spacial score (nSPS) is 32.1. The van der Waals surface area contributed by atoms with Crippen LogP contribution in [0.1, 0.15) is 18.9 Å². The summed E-state index contributed by atoms with van der Waals surface area (Å²) in [6.45, 7) is 2.86. The zero-order valence-corrected chi connectivity index (χ0v) is 8.88. The minimum atomic E-state index is -0.342. The van der Waals surface area contributed by atoms with E-state index in [0.29, 0.717) is 5.02 Å². The van der Waals surface area contributed by atoms with Crippen molar-refractivity contribution in [2.24, 2.45) is 0 Å². The monoisotopic (exact) mass is 211 g/mol. The molecule has 2 N–H and O–H groups in total. The molecule has 1 fully saturated rings. The molecular weight excluding hydrogens is 198 g/mol. The van der Waals surface area contributed by atoms with Crippen molar-refractivity contribution in [2.75, 3.05) is 6.54 Å². The number of hydrogen-bond donors (Lipinski definition) is 2. The van der Waals surface area contributed by atoms with Gasteiger partial charge in [-0.1, -0.05) is 23.7 Å². The molecule has 0 bridgehead atoms. The maximum Gasteiger partial charge on any atom is 0.0772 e. The molecular formula is C11H14ClNO. The molecule has 1 aromatic carbocycles. The standard InChI is InChI=1S/C11H14ClNO/c1-11(10(14)5-6-13-11)8-3-2-4-9(12)7-8/h2-4,7,10,13-14H,5-6H2,1H3. The fourth-order valence-electron chi connectivity index (χ4n) is 1.98. The summed E-state index contributed by atoms with van der Waals surface area (Å²) in [5.74, 6) is 0. The molecule has 0 aromatic heterocycles. The summed E-state index contributed by atoms with van der Waals surface area (Å²) in [6.07, 6.45) is 0.462. The van der Waals surface area contributed by atoms with E-state index in [2.05, 4.69) is 5.32 Å². The van der Waals surface area contributed by atoms with Crippen LogP contribution in [0.25, 0.3) is 0 Å². The van der Waals surface area contributed by atoms with Crippen molar-refractivity contribution in [2.45, 2.75) is 25.0 Å². The molecule has 1 aliphatic heterocycles. The summed E-state index contributed by atoms with van der Waals surface area (Å²) in [5, 5.41) is 13.9. The molecule has 2 nitrogen and oxygen atoms in total. The SMILES string of the molecule is CC1(c2cccc(Cl)c2)NCCC1O. The van der Waals surface area contributed by atoms with Gasteiger partial charge in [0.15, 0.2) is 0 Å². The van der Waals surface area contributed by atoms with E-state index in [1.54, 1.807) is 0 Å². The number of aliphatic hydroxyl groups is 1. The van der Waals surface area contributed by atoms with Crippen molar-refractivity contribution in [3.8, 4) is 0 Å². The first kappa shape index (κ1) is 9.97. The number of rotatable bonds is 1. The molecule has 1 saturated heterocycles. The van der Waals surface area contributed by atoms with Crippen LogP contribution in [0.2, 0.25) is 5.02 Å². The average Bonchev–Trinajstić information content (AvgIpc) is 2.49. The van der Waals surface area contributed by atoms with E-state index in [-0.39, 0.29) is 11.6 Å². The maximum absolute atomic E-state index is 9.89. The Hall–Kier alpha value is -0.570. The third-order valence-electron chi connectivity index (χ3n) is 3.00. The lowest BCUT2D eigenvalue weighted by Crippen LogP contribution is -2.41. The predicted octanol–water partition coefficient (Wildman–Crippen LogP) is 1.91. The zero-order valence-electron chi connectivity index (χ0n) is 8.13. The Kier molecular flexibility index (Phi) is 2.52. The fourth-order valence-corrected chi connectivity index (χ4v) is 2.17. The molecule has 1 aliphatic rings. The van der Waals surface area contributed by atoms with Crippen LogP contribution >= 0.6 is 11.6 Å². The molecule has 2 atom stereocenters. The molecule has 0 amide bonds. The van der Waals surface area contributed by atoms with Crippen LogP contribution in [-0.4, -0.2) is 17.8 Å². The number of aliphatic hydroxyl groups excluding tert-OH is 1. The second-order valence-electron chi connectivity index (χ2n) is 3.94. The molecule has 76 valence electrons. The van der Waals surface area contributed by atoms with Gasteiger partial charge in [-0.2, -0.15) is 0 Å². The van der Waals surface area contributed by atoms with Crippen LogP contribution in [0.15, 0.2) is 24.3 Å². The molecule has 0 saturated carbocycles. The minimum absolute atomic E-state index is 0.332. The first-order valence-corrected chi connectivity index (χ1v) is 5.20. The van der Waals surface area contributed by atoms with Crippen molar-refractivity contribution < 1.29 is 5.11 Å². The molecule has 0 radical (unpaired) electrons. The van der Waals surface area contributed by atoms with Gasteiger partial charge in [0.25, 0.3) is 0 Å². The Morgan fingerprint density at radius 1 is 1.57 bits per heavy atom. The van der Waals surface area contributed by atoms with Gasteiger partial charge < -0.3 is 10.4 Å². The lowest BCUT2D eigenvalue weighted by molar-refractivity contribution is 0.107. The van der Waals surface area contributed by atoms with Crippen LogP contribution < -0.4 is 5.32 Å². The van der Waals surface area contributed by atoms with E-state index in [1.165, 1.54) is 0 Å². The van der Waals surface area contributed by atoms with Crippen molar-refractivity contribution in [1.82, 2.24) is 5.32 Å². The Morgan fingerprint density at radius 3 is 2.93 bits per heavy atom. The van der Waals surface area contributed by atoms with E-state index in [0.717, 1.165) is 18.5 Å². The molecule has 1 heterocycles. The van der Waals surface area contributed by atoms with Crippen molar-refractivity contribution in [1.29, 1.82) is 0 Å². The first-order chi connectivity index (χ1) is 6.63. The van der Waals surface area contributed by atoms with Crippen LogP contribution in [0.5, 0.6) is 0 Å². The van der Waals surface area contributed by atoms with E-state index in [4.69, 9.17) is 11.6 Å². The van der Waals surface area contributed by atoms with Gasteiger partial charge in [-0.15, -0.1) is 0 Å². The minimum Gasteiger partial charge on any atom is -0.391 e. The highest BCUT2D eigenvalue weighted by Gasteiger charge is 2.38. The summed E-state index contributed by atoms with van der Waals surface area (Å²) in [4.78, 5) is 0. The van der Waals surface area contributed by atoms with Gasteiger partial charge in [0.05, 0.1) is 11.6 Å². The Bertz CT molecular complexity index is 342. The number of benzene rings is 1. The quantitative estimate of drug-likeness (QED) is 0.744.